The number of methoxy groups -OCH3 is 2. The van der Waals surface area contributed by atoms with Gasteiger partial charge in [-0.05, 0) is 82.5 Å². The van der Waals surface area contributed by atoms with Gasteiger partial charge in [-0.2, -0.15) is 4.31 Å². The van der Waals surface area contributed by atoms with Crippen molar-refractivity contribution < 1.29 is 31.1 Å². The maximum Gasteiger partial charge on any atom is 0.265 e. The number of halogens is 1. The molecule has 0 aliphatic carbocycles. The SMILES string of the molecule is COc1ccc(NC(=O)c2ccc(OC)c(S(=O)(=O)N(C)Cc3ccccc3)c2)cc1S(=O)(=O)Nc1cc(C)ccc1Br. The van der Waals surface area contributed by atoms with E-state index in [-0.39, 0.29) is 39.1 Å². The van der Waals surface area contributed by atoms with Crippen LogP contribution < -0.4 is 19.5 Å². The number of benzene rings is 4. The summed E-state index contributed by atoms with van der Waals surface area (Å²) >= 11 is 3.35. The normalized spacial score (nSPS) is 11.7. The topological polar surface area (TPSA) is 131 Å². The molecule has 0 atom stereocenters. The second kappa shape index (κ2) is 13.2. The van der Waals surface area contributed by atoms with E-state index in [1.165, 1.54) is 62.0 Å². The van der Waals surface area contributed by atoms with Crippen molar-refractivity contribution in [2.24, 2.45) is 0 Å². The lowest BCUT2D eigenvalue weighted by Gasteiger charge is -2.19. The molecule has 0 fully saturated rings. The number of ether oxygens (including phenoxy) is 2. The van der Waals surface area contributed by atoms with Crippen LogP contribution >= 0.6 is 15.9 Å². The fourth-order valence-corrected chi connectivity index (χ4v) is 7.28. The number of nitrogens with one attached hydrogen (secondary N) is 2. The van der Waals surface area contributed by atoms with Crippen LogP contribution in [0.25, 0.3) is 0 Å². The zero-order valence-corrected chi connectivity index (χ0v) is 27.0. The van der Waals surface area contributed by atoms with Gasteiger partial charge in [0, 0.05) is 29.3 Å². The fourth-order valence-electron chi connectivity index (χ4n) is 4.20. The van der Waals surface area contributed by atoms with E-state index in [9.17, 15) is 21.6 Å². The predicted molar refractivity (Wildman–Crippen MR) is 169 cm³/mol. The van der Waals surface area contributed by atoms with Crippen molar-refractivity contribution in [3.8, 4) is 11.5 Å². The number of hydrogen-bond donors (Lipinski definition) is 2. The van der Waals surface area contributed by atoms with Crippen LogP contribution in [0.5, 0.6) is 11.5 Å². The highest BCUT2D eigenvalue weighted by molar-refractivity contribution is 9.10. The van der Waals surface area contributed by atoms with Gasteiger partial charge in [0.05, 0.1) is 19.9 Å². The number of anilines is 2. The standard InChI is InChI=1S/C30H30BrN3O7S2/c1-20-10-13-24(31)25(16-20)33-42(36,37)28-18-23(12-15-26(28)40-3)32-30(35)22-11-14-27(41-4)29(17-22)43(38,39)34(2)19-21-8-6-5-7-9-21/h5-18,33H,19H2,1-4H3,(H,32,35). The highest BCUT2D eigenvalue weighted by Gasteiger charge is 2.27. The van der Waals surface area contributed by atoms with Gasteiger partial charge in [-0.1, -0.05) is 36.4 Å². The zero-order chi connectivity index (χ0) is 31.4. The number of amides is 1. The van der Waals surface area contributed by atoms with Crippen molar-refractivity contribution in [2.45, 2.75) is 23.3 Å². The monoisotopic (exact) mass is 687 g/mol. The Labute approximate surface area is 259 Å². The van der Waals surface area contributed by atoms with E-state index in [1.54, 1.807) is 12.1 Å². The van der Waals surface area contributed by atoms with Crippen molar-refractivity contribution in [1.29, 1.82) is 0 Å². The third-order valence-corrected chi connectivity index (χ3v) is 10.3. The van der Waals surface area contributed by atoms with E-state index < -0.39 is 26.0 Å². The van der Waals surface area contributed by atoms with E-state index in [1.807, 2.05) is 43.3 Å². The number of carbonyl (C=O) groups excluding carboxylic acids is 1. The molecule has 1 amide bonds. The summed E-state index contributed by atoms with van der Waals surface area (Å²) in [5.74, 6) is -0.524. The Balaban J connectivity index is 1.63. The minimum absolute atomic E-state index is 0.0227. The van der Waals surface area contributed by atoms with Crippen molar-refractivity contribution in [2.75, 3.05) is 31.3 Å². The lowest BCUT2D eigenvalue weighted by molar-refractivity contribution is 0.102. The predicted octanol–water partition coefficient (Wildman–Crippen LogP) is 5.65. The molecule has 0 aliphatic rings. The molecule has 0 aromatic heterocycles. The van der Waals surface area contributed by atoms with Crippen LogP contribution in [0.15, 0.2) is 99.2 Å². The molecule has 0 unspecified atom stereocenters. The van der Waals surface area contributed by atoms with E-state index in [0.29, 0.717) is 10.2 Å². The Kier molecular flexibility index (Phi) is 9.80. The average Bonchev–Trinajstić information content (AvgIpc) is 2.99. The van der Waals surface area contributed by atoms with Gasteiger partial charge < -0.3 is 14.8 Å². The fraction of sp³-hybridized carbons (Fsp3) is 0.167. The molecule has 0 radical (unpaired) electrons. The Morgan fingerprint density at radius 3 is 2.16 bits per heavy atom. The summed E-state index contributed by atoms with van der Waals surface area (Å²) in [6.07, 6.45) is 0. The molecule has 10 nitrogen and oxygen atoms in total. The Morgan fingerprint density at radius 2 is 1.49 bits per heavy atom. The van der Waals surface area contributed by atoms with Gasteiger partial charge in [-0.25, -0.2) is 16.8 Å². The van der Waals surface area contributed by atoms with E-state index in [0.717, 1.165) is 11.1 Å². The van der Waals surface area contributed by atoms with E-state index in [2.05, 4.69) is 26.0 Å². The molecule has 0 bridgehead atoms. The Hall–Kier alpha value is -3.91. The number of nitrogens with zero attached hydrogens (tertiary/aromatic N) is 1. The minimum atomic E-state index is -4.15. The molecule has 4 aromatic rings. The number of rotatable bonds is 11. The molecule has 13 heteroatoms. The lowest BCUT2D eigenvalue weighted by Crippen LogP contribution is -2.27. The first-order valence-electron chi connectivity index (χ1n) is 12.8. The quantitative estimate of drug-likeness (QED) is 0.208. The molecule has 226 valence electrons. The Morgan fingerprint density at radius 1 is 0.837 bits per heavy atom. The van der Waals surface area contributed by atoms with E-state index >= 15 is 0 Å². The summed E-state index contributed by atoms with van der Waals surface area (Å²) in [6, 6.07) is 22.5. The summed E-state index contributed by atoms with van der Waals surface area (Å²) in [4.78, 5) is 12.9. The molecule has 4 aromatic carbocycles. The third kappa shape index (κ3) is 7.36. The van der Waals surface area contributed by atoms with Gasteiger partial charge >= 0.3 is 0 Å². The molecule has 43 heavy (non-hydrogen) atoms. The second-order valence-corrected chi connectivity index (χ2v) is 14.0. The lowest BCUT2D eigenvalue weighted by atomic mass is 10.2. The molecule has 0 heterocycles. The van der Waals surface area contributed by atoms with Crippen molar-refractivity contribution in [1.82, 2.24) is 4.31 Å². The molecule has 2 N–H and O–H groups in total. The minimum Gasteiger partial charge on any atom is -0.495 e. The first kappa shape index (κ1) is 32.0. The summed E-state index contributed by atoms with van der Waals surface area (Å²) in [5.41, 5.74) is 2.14. The van der Waals surface area contributed by atoms with Crippen LogP contribution in [0.2, 0.25) is 0 Å². The molecule has 4 rings (SSSR count). The van der Waals surface area contributed by atoms with Gasteiger partial charge in [0.15, 0.2) is 0 Å². The van der Waals surface area contributed by atoms with Crippen molar-refractivity contribution in [3.63, 3.8) is 0 Å². The summed E-state index contributed by atoms with van der Waals surface area (Å²) in [5, 5.41) is 2.65. The maximum absolute atomic E-state index is 13.5. The maximum atomic E-state index is 13.5. The van der Waals surface area contributed by atoms with Gasteiger partial charge in [0.2, 0.25) is 10.0 Å². The number of hydrogen-bond acceptors (Lipinski definition) is 7. The van der Waals surface area contributed by atoms with Gasteiger partial charge in [0.25, 0.3) is 15.9 Å². The number of aryl methyl sites for hydroxylation is 1. The first-order chi connectivity index (χ1) is 20.3. The first-order valence-corrected chi connectivity index (χ1v) is 16.5. The average molecular weight is 689 g/mol. The highest BCUT2D eigenvalue weighted by Crippen LogP contribution is 2.32. The van der Waals surface area contributed by atoms with Crippen molar-refractivity contribution >= 4 is 53.3 Å². The van der Waals surface area contributed by atoms with Crippen molar-refractivity contribution in [3.05, 3.63) is 106 Å². The molecule has 0 saturated heterocycles. The molecule has 0 saturated carbocycles. The Bertz CT molecular complexity index is 1870. The van der Waals surface area contributed by atoms with Crippen LogP contribution in [-0.4, -0.2) is 48.3 Å². The van der Waals surface area contributed by atoms with E-state index in [4.69, 9.17) is 9.47 Å². The zero-order valence-electron chi connectivity index (χ0n) is 23.8. The summed E-state index contributed by atoms with van der Waals surface area (Å²) < 4.78 is 68.6. The van der Waals surface area contributed by atoms with Crippen LogP contribution in [0.3, 0.4) is 0 Å². The van der Waals surface area contributed by atoms with Crippen LogP contribution in [0.1, 0.15) is 21.5 Å². The number of sulfonamides is 2. The van der Waals surface area contributed by atoms with Gasteiger partial charge in [-0.15, -0.1) is 0 Å². The molecule has 0 aliphatic heterocycles. The highest BCUT2D eigenvalue weighted by atomic mass is 79.9. The molecular weight excluding hydrogens is 658 g/mol. The van der Waals surface area contributed by atoms with Crippen LogP contribution in [0, 0.1) is 6.92 Å². The smallest absolute Gasteiger partial charge is 0.265 e. The number of carbonyl (C=O) groups is 1. The molecule has 0 spiro atoms. The molecular formula is C30H30BrN3O7S2. The third-order valence-electron chi connectivity index (χ3n) is 6.44. The summed E-state index contributed by atoms with van der Waals surface area (Å²) in [6.45, 7) is 1.94. The summed E-state index contributed by atoms with van der Waals surface area (Å²) in [7, 11) is -4.09. The second-order valence-electron chi connectivity index (χ2n) is 9.52. The van der Waals surface area contributed by atoms with Gasteiger partial charge in [0.1, 0.15) is 21.3 Å². The van der Waals surface area contributed by atoms with Gasteiger partial charge in [-0.3, -0.25) is 9.52 Å². The largest absolute Gasteiger partial charge is 0.495 e. The van der Waals surface area contributed by atoms with Crippen LogP contribution in [0.4, 0.5) is 11.4 Å². The van der Waals surface area contributed by atoms with Crippen LogP contribution in [-0.2, 0) is 26.6 Å².